The minimum Gasteiger partial charge on any atom is -0.315 e. The van der Waals surface area contributed by atoms with Crippen LogP contribution >= 0.6 is 11.6 Å². The third-order valence-electron chi connectivity index (χ3n) is 3.04. The molecule has 1 unspecified atom stereocenters. The van der Waals surface area contributed by atoms with E-state index in [-0.39, 0.29) is 5.41 Å². The first-order chi connectivity index (χ1) is 7.94. The molecule has 1 rings (SSSR count). The average Bonchev–Trinajstić information content (AvgIpc) is 2.20. The number of hydrogen-bond donors (Lipinski definition) is 1. The molecule has 0 spiro atoms. The third kappa shape index (κ3) is 5.10. The molecule has 0 heterocycles. The van der Waals surface area contributed by atoms with Crippen LogP contribution in [0.2, 0.25) is 5.02 Å². The Kier molecular flexibility index (Phi) is 5.48. The fourth-order valence-electron chi connectivity index (χ4n) is 2.48. The van der Waals surface area contributed by atoms with E-state index in [0.29, 0.717) is 6.04 Å². The Morgan fingerprint density at radius 2 is 1.94 bits per heavy atom. The highest BCUT2D eigenvalue weighted by molar-refractivity contribution is 6.31. The van der Waals surface area contributed by atoms with Gasteiger partial charge in [0, 0.05) is 11.1 Å². The van der Waals surface area contributed by atoms with Crippen LogP contribution in [-0.2, 0) is 6.42 Å². The van der Waals surface area contributed by atoms with Crippen molar-refractivity contribution in [2.45, 2.75) is 46.6 Å². The molecule has 0 aliphatic carbocycles. The van der Waals surface area contributed by atoms with Gasteiger partial charge in [0.05, 0.1) is 0 Å². The summed E-state index contributed by atoms with van der Waals surface area (Å²) in [6.07, 6.45) is 2.19. The van der Waals surface area contributed by atoms with Crippen LogP contribution in [0, 0.1) is 5.41 Å². The van der Waals surface area contributed by atoms with Gasteiger partial charge in [0.15, 0.2) is 0 Å². The Morgan fingerprint density at radius 1 is 1.29 bits per heavy atom. The summed E-state index contributed by atoms with van der Waals surface area (Å²) in [4.78, 5) is 0. The summed E-state index contributed by atoms with van der Waals surface area (Å²) in [5.74, 6) is 0. The maximum absolute atomic E-state index is 6.21. The molecule has 0 fully saturated rings. The van der Waals surface area contributed by atoms with E-state index in [0.717, 1.165) is 24.4 Å². The van der Waals surface area contributed by atoms with E-state index in [2.05, 4.69) is 45.1 Å². The number of rotatable bonds is 6. The average molecular weight is 254 g/mol. The molecule has 1 aromatic rings. The second-order valence-corrected chi connectivity index (χ2v) is 6.00. The summed E-state index contributed by atoms with van der Waals surface area (Å²) in [6.45, 7) is 10.0. The maximum Gasteiger partial charge on any atom is 0.0438 e. The molecule has 0 aliphatic rings. The van der Waals surface area contributed by atoms with Crippen LogP contribution in [0.5, 0.6) is 0 Å². The van der Waals surface area contributed by atoms with Crippen molar-refractivity contribution in [2.24, 2.45) is 5.41 Å². The molecule has 0 aliphatic heterocycles. The molecular weight excluding hydrogens is 230 g/mol. The zero-order valence-corrected chi connectivity index (χ0v) is 12.1. The summed E-state index contributed by atoms with van der Waals surface area (Å²) in [5, 5.41) is 4.35. The molecule has 1 atom stereocenters. The molecule has 1 aromatic carbocycles. The molecule has 0 saturated heterocycles. The fourth-order valence-corrected chi connectivity index (χ4v) is 2.68. The van der Waals surface area contributed by atoms with Crippen molar-refractivity contribution in [3.05, 3.63) is 34.9 Å². The van der Waals surface area contributed by atoms with Crippen molar-refractivity contribution in [3.63, 3.8) is 0 Å². The standard InChI is InChI=1S/C15H24ClN/c1-5-17-12(2)10-15(3,4)11-13-8-6-7-9-14(13)16/h6-9,12,17H,5,10-11H2,1-4H3. The number of halogens is 1. The maximum atomic E-state index is 6.21. The van der Waals surface area contributed by atoms with Gasteiger partial charge in [0.25, 0.3) is 0 Å². The molecule has 1 N–H and O–H groups in total. The molecule has 1 nitrogen and oxygen atoms in total. The predicted molar refractivity (Wildman–Crippen MR) is 76.7 cm³/mol. The fraction of sp³-hybridized carbons (Fsp3) is 0.600. The van der Waals surface area contributed by atoms with E-state index in [9.17, 15) is 0 Å². The minimum absolute atomic E-state index is 0.270. The summed E-state index contributed by atoms with van der Waals surface area (Å²) in [7, 11) is 0. The van der Waals surface area contributed by atoms with Crippen LogP contribution in [0.3, 0.4) is 0 Å². The van der Waals surface area contributed by atoms with Gasteiger partial charge in [-0.3, -0.25) is 0 Å². The van der Waals surface area contributed by atoms with Gasteiger partial charge in [0.2, 0.25) is 0 Å². The van der Waals surface area contributed by atoms with E-state index in [1.54, 1.807) is 0 Å². The molecule has 0 radical (unpaired) electrons. The lowest BCUT2D eigenvalue weighted by Gasteiger charge is -2.29. The van der Waals surface area contributed by atoms with Crippen molar-refractivity contribution in [1.29, 1.82) is 0 Å². The highest BCUT2D eigenvalue weighted by Gasteiger charge is 2.22. The third-order valence-corrected chi connectivity index (χ3v) is 3.41. The van der Waals surface area contributed by atoms with Crippen molar-refractivity contribution in [2.75, 3.05) is 6.54 Å². The molecule has 2 heteroatoms. The van der Waals surface area contributed by atoms with Gasteiger partial charge in [-0.2, -0.15) is 0 Å². The summed E-state index contributed by atoms with van der Waals surface area (Å²) < 4.78 is 0. The van der Waals surface area contributed by atoms with Gasteiger partial charge in [0.1, 0.15) is 0 Å². The molecule has 96 valence electrons. The van der Waals surface area contributed by atoms with E-state index in [4.69, 9.17) is 11.6 Å². The zero-order chi connectivity index (χ0) is 12.9. The first kappa shape index (κ1) is 14.5. The van der Waals surface area contributed by atoms with E-state index < -0.39 is 0 Å². The minimum atomic E-state index is 0.270. The lowest BCUT2D eigenvalue weighted by molar-refractivity contribution is 0.289. The number of benzene rings is 1. The monoisotopic (exact) mass is 253 g/mol. The molecule has 0 saturated carbocycles. The van der Waals surface area contributed by atoms with Gasteiger partial charge in [-0.15, -0.1) is 0 Å². The normalized spacial score (nSPS) is 13.7. The van der Waals surface area contributed by atoms with Gasteiger partial charge in [-0.1, -0.05) is 50.6 Å². The summed E-state index contributed by atoms with van der Waals surface area (Å²) in [6, 6.07) is 8.70. The Balaban J connectivity index is 2.63. The quantitative estimate of drug-likeness (QED) is 0.797. The van der Waals surface area contributed by atoms with Gasteiger partial charge in [-0.05, 0) is 43.4 Å². The van der Waals surface area contributed by atoms with Gasteiger partial charge in [-0.25, -0.2) is 0 Å². The van der Waals surface area contributed by atoms with Crippen LogP contribution in [0.4, 0.5) is 0 Å². The Bertz CT molecular complexity index is 347. The smallest absolute Gasteiger partial charge is 0.0438 e. The molecule has 0 aromatic heterocycles. The Morgan fingerprint density at radius 3 is 2.53 bits per heavy atom. The Hall–Kier alpha value is -0.530. The zero-order valence-electron chi connectivity index (χ0n) is 11.4. The van der Waals surface area contributed by atoms with Crippen molar-refractivity contribution in [3.8, 4) is 0 Å². The van der Waals surface area contributed by atoms with Crippen molar-refractivity contribution in [1.82, 2.24) is 5.32 Å². The topological polar surface area (TPSA) is 12.0 Å². The highest BCUT2D eigenvalue weighted by Crippen LogP contribution is 2.30. The van der Waals surface area contributed by atoms with Gasteiger partial charge < -0.3 is 5.32 Å². The lowest BCUT2D eigenvalue weighted by Crippen LogP contribution is -2.32. The van der Waals surface area contributed by atoms with Crippen molar-refractivity contribution < 1.29 is 0 Å². The van der Waals surface area contributed by atoms with E-state index >= 15 is 0 Å². The highest BCUT2D eigenvalue weighted by atomic mass is 35.5. The molecule has 0 bridgehead atoms. The van der Waals surface area contributed by atoms with Gasteiger partial charge >= 0.3 is 0 Å². The summed E-state index contributed by atoms with van der Waals surface area (Å²) >= 11 is 6.21. The largest absolute Gasteiger partial charge is 0.315 e. The number of nitrogens with one attached hydrogen (secondary N) is 1. The van der Waals surface area contributed by atoms with Crippen LogP contribution < -0.4 is 5.32 Å². The van der Waals surface area contributed by atoms with E-state index in [1.165, 1.54) is 5.56 Å². The second kappa shape index (κ2) is 6.42. The van der Waals surface area contributed by atoms with E-state index in [1.807, 2.05) is 12.1 Å². The first-order valence-electron chi connectivity index (χ1n) is 6.41. The second-order valence-electron chi connectivity index (χ2n) is 5.60. The molecule has 0 amide bonds. The predicted octanol–water partition coefficient (Wildman–Crippen LogP) is 4.30. The lowest BCUT2D eigenvalue weighted by atomic mass is 9.80. The van der Waals surface area contributed by atoms with Crippen LogP contribution in [0.25, 0.3) is 0 Å². The van der Waals surface area contributed by atoms with Crippen LogP contribution in [0.1, 0.15) is 39.7 Å². The molecular formula is C15H24ClN. The van der Waals surface area contributed by atoms with Crippen molar-refractivity contribution >= 4 is 11.6 Å². The molecule has 17 heavy (non-hydrogen) atoms. The SMILES string of the molecule is CCNC(C)CC(C)(C)Cc1ccccc1Cl. The number of hydrogen-bond acceptors (Lipinski definition) is 1. The van der Waals surface area contributed by atoms with Crippen LogP contribution in [-0.4, -0.2) is 12.6 Å². The summed E-state index contributed by atoms with van der Waals surface area (Å²) in [5.41, 5.74) is 1.52. The first-order valence-corrected chi connectivity index (χ1v) is 6.79. The Labute approximate surface area is 111 Å². The van der Waals surface area contributed by atoms with Crippen LogP contribution in [0.15, 0.2) is 24.3 Å².